The summed E-state index contributed by atoms with van der Waals surface area (Å²) in [5, 5.41) is 13.5. The van der Waals surface area contributed by atoms with Crippen LogP contribution >= 0.6 is 0 Å². The predicted octanol–water partition coefficient (Wildman–Crippen LogP) is 2.37. The van der Waals surface area contributed by atoms with Gasteiger partial charge < -0.3 is 14.6 Å². The summed E-state index contributed by atoms with van der Waals surface area (Å²) in [6.45, 7) is 1.71. The zero-order chi connectivity index (χ0) is 15.2. The van der Waals surface area contributed by atoms with E-state index in [9.17, 15) is 9.50 Å². The van der Waals surface area contributed by atoms with Gasteiger partial charge in [-0.2, -0.15) is 0 Å². The molecule has 0 amide bonds. The van der Waals surface area contributed by atoms with E-state index in [0.717, 1.165) is 5.56 Å². The number of rotatable bonds is 5. The second-order valence-electron chi connectivity index (χ2n) is 4.99. The summed E-state index contributed by atoms with van der Waals surface area (Å²) in [6.07, 6.45) is -5.11. The predicted molar refractivity (Wildman–Crippen MR) is 74.3 cm³/mol. The monoisotopic (exact) mass is 295 g/mol. The van der Waals surface area contributed by atoms with E-state index in [1.807, 2.05) is 30.3 Å². The van der Waals surface area contributed by atoms with E-state index in [1.54, 1.807) is 6.92 Å². The van der Waals surface area contributed by atoms with Gasteiger partial charge in [0.2, 0.25) is 0 Å². The normalized spacial score (nSPS) is 32.4. The van der Waals surface area contributed by atoms with Crippen LogP contribution in [-0.2, 0) is 16.1 Å². The van der Waals surface area contributed by atoms with E-state index < -0.39 is 30.6 Å². The van der Waals surface area contributed by atoms with Crippen LogP contribution in [0.2, 0.25) is 0 Å². The molecular formula is C14H18FN3O3. The fourth-order valence-electron chi connectivity index (χ4n) is 2.32. The van der Waals surface area contributed by atoms with Crippen molar-refractivity contribution >= 4 is 0 Å². The molecule has 0 radical (unpaired) electrons. The van der Waals surface area contributed by atoms with Crippen LogP contribution in [0.15, 0.2) is 35.4 Å². The third-order valence-corrected chi connectivity index (χ3v) is 3.48. The van der Waals surface area contributed by atoms with Gasteiger partial charge in [0.15, 0.2) is 6.17 Å². The Bertz CT molecular complexity index is 495. The number of alkyl halides is 1. The molecule has 114 valence electrons. The molecule has 7 heteroatoms. The van der Waals surface area contributed by atoms with Crippen molar-refractivity contribution in [2.24, 2.45) is 5.11 Å². The summed E-state index contributed by atoms with van der Waals surface area (Å²) in [5.41, 5.74) is 9.23. The van der Waals surface area contributed by atoms with Crippen LogP contribution in [0.5, 0.6) is 0 Å². The van der Waals surface area contributed by atoms with Gasteiger partial charge in [-0.05, 0) is 18.0 Å². The smallest absolute Gasteiger partial charge is 0.155 e. The first kappa shape index (κ1) is 15.7. The van der Waals surface area contributed by atoms with Crippen molar-refractivity contribution in [1.82, 2.24) is 0 Å². The Morgan fingerprint density at radius 2 is 2.14 bits per heavy atom. The summed E-state index contributed by atoms with van der Waals surface area (Å²) in [6, 6.07) is 9.32. The molecule has 1 aliphatic rings. The summed E-state index contributed by atoms with van der Waals surface area (Å²) >= 11 is 0. The van der Waals surface area contributed by atoms with Gasteiger partial charge in [-0.25, -0.2) is 4.39 Å². The fourth-order valence-corrected chi connectivity index (χ4v) is 2.32. The topological polar surface area (TPSA) is 87.5 Å². The van der Waals surface area contributed by atoms with Crippen LogP contribution in [0.3, 0.4) is 0 Å². The number of hydrogen-bond acceptors (Lipinski definition) is 4. The molecule has 0 aliphatic carbocycles. The summed E-state index contributed by atoms with van der Waals surface area (Å²) in [4.78, 5) is 2.63. The van der Waals surface area contributed by atoms with Gasteiger partial charge in [0, 0.05) is 4.91 Å². The first-order chi connectivity index (χ1) is 10.1. The maximum absolute atomic E-state index is 14.2. The molecule has 1 fully saturated rings. The largest absolute Gasteiger partial charge is 0.388 e. The molecule has 2 rings (SSSR count). The minimum atomic E-state index is -1.44. The van der Waals surface area contributed by atoms with Crippen LogP contribution in [0.4, 0.5) is 4.39 Å². The Balaban J connectivity index is 2.02. The number of hydrogen-bond donors (Lipinski definition) is 1. The average molecular weight is 295 g/mol. The molecule has 1 N–H and O–H groups in total. The lowest BCUT2D eigenvalue weighted by molar-refractivity contribution is -0.213. The molecule has 0 saturated carbocycles. The van der Waals surface area contributed by atoms with Crippen molar-refractivity contribution < 1.29 is 19.0 Å². The van der Waals surface area contributed by atoms with Crippen LogP contribution in [0.25, 0.3) is 10.4 Å². The Labute approximate surface area is 122 Å². The molecule has 0 spiro atoms. The van der Waals surface area contributed by atoms with Crippen molar-refractivity contribution in [3.05, 3.63) is 46.3 Å². The van der Waals surface area contributed by atoms with Gasteiger partial charge in [-0.3, -0.25) is 0 Å². The lowest BCUT2D eigenvalue weighted by Gasteiger charge is -2.40. The minimum absolute atomic E-state index is 0.0556. The zero-order valence-corrected chi connectivity index (χ0v) is 11.7. The van der Waals surface area contributed by atoms with Crippen molar-refractivity contribution in [3.63, 3.8) is 0 Å². The third kappa shape index (κ3) is 3.92. The highest BCUT2D eigenvalue weighted by Crippen LogP contribution is 2.26. The molecule has 5 atom stereocenters. The highest BCUT2D eigenvalue weighted by Gasteiger charge is 2.44. The van der Waals surface area contributed by atoms with E-state index in [2.05, 4.69) is 10.0 Å². The Morgan fingerprint density at radius 1 is 1.43 bits per heavy atom. The lowest BCUT2D eigenvalue weighted by Crippen LogP contribution is -2.56. The number of benzene rings is 1. The van der Waals surface area contributed by atoms with Crippen LogP contribution in [0.1, 0.15) is 12.5 Å². The van der Waals surface area contributed by atoms with E-state index in [-0.39, 0.29) is 13.2 Å². The molecule has 1 aliphatic heterocycles. The molecule has 6 nitrogen and oxygen atoms in total. The Morgan fingerprint density at radius 3 is 2.81 bits per heavy atom. The number of aliphatic hydroxyl groups excluding tert-OH is 1. The maximum atomic E-state index is 14.2. The standard InChI is InChI=1S/C14H18FN3O3/c1-9-12(15)14(13(19)11(21-9)7-17-18-16)20-8-10-5-3-2-4-6-10/h2-6,9,11-14,19H,7-8H2,1H3/t9-,11+,12-,13+,14+/m0/s1. The molecule has 0 bridgehead atoms. The second-order valence-corrected chi connectivity index (χ2v) is 4.99. The van der Waals surface area contributed by atoms with Crippen molar-refractivity contribution in [3.8, 4) is 0 Å². The third-order valence-electron chi connectivity index (χ3n) is 3.48. The van der Waals surface area contributed by atoms with Gasteiger partial charge in [-0.1, -0.05) is 35.4 Å². The zero-order valence-electron chi connectivity index (χ0n) is 11.7. The van der Waals surface area contributed by atoms with Crippen molar-refractivity contribution in [2.45, 2.75) is 44.1 Å². The fraction of sp³-hybridized carbons (Fsp3) is 0.571. The second kappa shape index (κ2) is 7.38. The molecule has 0 unspecified atom stereocenters. The minimum Gasteiger partial charge on any atom is -0.388 e. The number of ether oxygens (including phenoxy) is 2. The SMILES string of the molecule is C[C@@H]1O[C@H](CN=[N+]=[N-])[C@@H](O)[C@H](OCc2ccccc2)[C@H]1F. The van der Waals surface area contributed by atoms with Crippen LogP contribution in [0, 0.1) is 0 Å². The van der Waals surface area contributed by atoms with E-state index in [0.29, 0.717) is 0 Å². The number of azide groups is 1. The molecule has 1 heterocycles. The number of aliphatic hydroxyl groups is 1. The van der Waals surface area contributed by atoms with Crippen LogP contribution < -0.4 is 0 Å². The summed E-state index contributed by atoms with van der Waals surface area (Å²) in [5.74, 6) is 0. The number of halogens is 1. The van der Waals surface area contributed by atoms with E-state index >= 15 is 0 Å². The Kier molecular flexibility index (Phi) is 5.52. The Hall–Kier alpha value is -1.66. The average Bonchev–Trinajstić information content (AvgIpc) is 2.50. The van der Waals surface area contributed by atoms with Gasteiger partial charge in [0.1, 0.15) is 12.2 Å². The van der Waals surface area contributed by atoms with E-state index in [4.69, 9.17) is 15.0 Å². The first-order valence-electron chi connectivity index (χ1n) is 6.77. The first-order valence-corrected chi connectivity index (χ1v) is 6.77. The van der Waals surface area contributed by atoms with Gasteiger partial charge in [-0.15, -0.1) is 0 Å². The molecule has 1 saturated heterocycles. The highest BCUT2D eigenvalue weighted by molar-refractivity contribution is 5.13. The molecular weight excluding hydrogens is 277 g/mol. The number of nitrogens with zero attached hydrogens (tertiary/aromatic N) is 3. The van der Waals surface area contributed by atoms with Gasteiger partial charge in [0.25, 0.3) is 0 Å². The lowest BCUT2D eigenvalue weighted by atomic mass is 9.96. The molecule has 1 aromatic rings. The van der Waals surface area contributed by atoms with E-state index in [1.165, 1.54) is 0 Å². The van der Waals surface area contributed by atoms with Crippen molar-refractivity contribution in [2.75, 3.05) is 6.54 Å². The summed E-state index contributed by atoms with van der Waals surface area (Å²) in [7, 11) is 0. The quantitative estimate of drug-likeness (QED) is 0.514. The summed E-state index contributed by atoms with van der Waals surface area (Å²) < 4.78 is 25.0. The molecule has 21 heavy (non-hydrogen) atoms. The van der Waals surface area contributed by atoms with Crippen molar-refractivity contribution in [1.29, 1.82) is 0 Å². The maximum Gasteiger partial charge on any atom is 0.155 e. The van der Waals surface area contributed by atoms with Crippen LogP contribution in [-0.4, -0.2) is 42.2 Å². The van der Waals surface area contributed by atoms with Gasteiger partial charge >= 0.3 is 0 Å². The highest BCUT2D eigenvalue weighted by atomic mass is 19.1. The molecule has 0 aromatic heterocycles. The molecule has 1 aromatic carbocycles. The van der Waals surface area contributed by atoms with Gasteiger partial charge in [0.05, 0.1) is 25.4 Å².